The van der Waals surface area contributed by atoms with Crippen LogP contribution in [0.5, 0.6) is 0 Å². The largest absolute Gasteiger partial charge is 0.444 e. The molecule has 4 heteroatoms. The summed E-state index contributed by atoms with van der Waals surface area (Å²) >= 11 is 0. The predicted molar refractivity (Wildman–Crippen MR) is 68.9 cm³/mol. The van der Waals surface area contributed by atoms with Gasteiger partial charge in [0.1, 0.15) is 5.60 Å². The Morgan fingerprint density at radius 1 is 1.35 bits per heavy atom. The summed E-state index contributed by atoms with van der Waals surface area (Å²) < 4.78 is 5.22. The molecule has 1 amide bonds. The molecule has 0 radical (unpaired) electrons. The number of hydrogen-bond donors (Lipinski definition) is 2. The summed E-state index contributed by atoms with van der Waals surface area (Å²) in [4.78, 5) is 11.6. The highest BCUT2D eigenvalue weighted by Gasteiger charge is 2.19. The van der Waals surface area contributed by atoms with E-state index in [0.717, 1.165) is 12.8 Å². The Labute approximate surface area is 105 Å². The summed E-state index contributed by atoms with van der Waals surface area (Å²) in [5, 5.41) is 11.7. The normalized spacial score (nSPS) is 13.6. The third kappa shape index (κ3) is 10.1. The maximum absolute atomic E-state index is 11.6. The molecule has 1 atom stereocenters. The Morgan fingerprint density at radius 2 is 1.94 bits per heavy atom. The van der Waals surface area contributed by atoms with Gasteiger partial charge in [-0.05, 0) is 46.0 Å². The first-order valence-corrected chi connectivity index (χ1v) is 6.35. The maximum atomic E-state index is 11.6. The molecule has 0 aliphatic rings. The Morgan fingerprint density at radius 3 is 2.35 bits per heavy atom. The minimum absolute atomic E-state index is 0.0806. The van der Waals surface area contributed by atoms with Gasteiger partial charge in [0, 0.05) is 12.6 Å². The first-order chi connectivity index (χ1) is 7.74. The number of amides is 1. The van der Waals surface area contributed by atoms with E-state index in [2.05, 4.69) is 19.2 Å². The van der Waals surface area contributed by atoms with E-state index in [0.29, 0.717) is 12.3 Å². The molecule has 0 aromatic rings. The lowest BCUT2D eigenvalue weighted by Crippen LogP contribution is -2.39. The number of aliphatic hydroxyl groups is 1. The van der Waals surface area contributed by atoms with Crippen LogP contribution in [0.1, 0.15) is 53.9 Å². The van der Waals surface area contributed by atoms with Gasteiger partial charge in [-0.2, -0.15) is 0 Å². The second-order valence-electron chi connectivity index (χ2n) is 5.84. The molecule has 0 aromatic carbocycles. The average Bonchev–Trinajstić information content (AvgIpc) is 2.09. The van der Waals surface area contributed by atoms with Crippen molar-refractivity contribution in [3.63, 3.8) is 0 Å². The van der Waals surface area contributed by atoms with Crippen LogP contribution in [0.2, 0.25) is 0 Å². The van der Waals surface area contributed by atoms with Crippen LogP contribution in [0.15, 0.2) is 0 Å². The number of nitrogens with one attached hydrogen (secondary N) is 1. The van der Waals surface area contributed by atoms with Crippen molar-refractivity contribution in [1.82, 2.24) is 5.32 Å². The van der Waals surface area contributed by atoms with Crippen LogP contribution in [0.4, 0.5) is 4.79 Å². The van der Waals surface area contributed by atoms with Crippen LogP contribution < -0.4 is 5.32 Å². The number of alkyl carbamates (subject to hydrolysis) is 1. The minimum atomic E-state index is -0.469. The van der Waals surface area contributed by atoms with Crippen LogP contribution >= 0.6 is 0 Å². The summed E-state index contributed by atoms with van der Waals surface area (Å²) in [7, 11) is 0. The molecule has 0 aliphatic heterocycles. The van der Waals surface area contributed by atoms with Gasteiger partial charge >= 0.3 is 6.09 Å². The minimum Gasteiger partial charge on any atom is -0.444 e. The van der Waals surface area contributed by atoms with Crippen molar-refractivity contribution in [2.24, 2.45) is 5.92 Å². The zero-order chi connectivity index (χ0) is 13.5. The molecule has 0 bridgehead atoms. The molecule has 2 N–H and O–H groups in total. The first-order valence-electron chi connectivity index (χ1n) is 6.35. The predicted octanol–water partition coefficient (Wildman–Crippen LogP) is 2.70. The third-order valence-corrected chi connectivity index (χ3v) is 2.19. The maximum Gasteiger partial charge on any atom is 0.407 e. The van der Waals surface area contributed by atoms with Gasteiger partial charge in [-0.15, -0.1) is 0 Å². The highest BCUT2D eigenvalue weighted by molar-refractivity contribution is 5.68. The SMILES string of the molecule is CC(C)C[C@@H](CCCO)NC(=O)OC(C)(C)C. The lowest BCUT2D eigenvalue weighted by molar-refractivity contribution is 0.0493. The highest BCUT2D eigenvalue weighted by atomic mass is 16.6. The molecule has 102 valence electrons. The van der Waals surface area contributed by atoms with Crippen LogP contribution in [0, 0.1) is 5.92 Å². The summed E-state index contributed by atoms with van der Waals surface area (Å²) in [6.45, 7) is 9.92. The fourth-order valence-electron chi connectivity index (χ4n) is 1.63. The monoisotopic (exact) mass is 245 g/mol. The topological polar surface area (TPSA) is 58.6 Å². The van der Waals surface area contributed by atoms with E-state index in [1.54, 1.807) is 0 Å². The lowest BCUT2D eigenvalue weighted by atomic mass is 10.00. The number of ether oxygens (including phenoxy) is 1. The van der Waals surface area contributed by atoms with Crippen LogP contribution in [0.25, 0.3) is 0 Å². The number of carbonyl (C=O) groups excluding carboxylic acids is 1. The smallest absolute Gasteiger partial charge is 0.407 e. The summed E-state index contributed by atoms with van der Waals surface area (Å²) in [5.74, 6) is 0.508. The van der Waals surface area contributed by atoms with Gasteiger partial charge in [0.2, 0.25) is 0 Å². The molecule has 0 aliphatic carbocycles. The fourth-order valence-corrected chi connectivity index (χ4v) is 1.63. The van der Waals surface area contributed by atoms with Crippen molar-refractivity contribution in [3.05, 3.63) is 0 Å². The van der Waals surface area contributed by atoms with Gasteiger partial charge in [0.25, 0.3) is 0 Å². The van der Waals surface area contributed by atoms with Crippen molar-refractivity contribution in [2.75, 3.05) is 6.61 Å². The molecule has 0 saturated carbocycles. The van der Waals surface area contributed by atoms with Crippen molar-refractivity contribution in [1.29, 1.82) is 0 Å². The fraction of sp³-hybridized carbons (Fsp3) is 0.923. The number of carbonyl (C=O) groups is 1. The van der Waals surface area contributed by atoms with Gasteiger partial charge in [-0.25, -0.2) is 4.79 Å². The van der Waals surface area contributed by atoms with Gasteiger partial charge in [0.05, 0.1) is 0 Å². The van der Waals surface area contributed by atoms with Crippen molar-refractivity contribution >= 4 is 6.09 Å². The molecule has 0 fully saturated rings. The van der Waals surface area contributed by atoms with E-state index in [-0.39, 0.29) is 18.7 Å². The molecule has 0 aromatic heterocycles. The molecule has 0 spiro atoms. The number of rotatable bonds is 6. The summed E-state index contributed by atoms with van der Waals surface area (Å²) in [6, 6.07) is 0.0806. The highest BCUT2D eigenvalue weighted by Crippen LogP contribution is 2.12. The van der Waals surface area contributed by atoms with Gasteiger partial charge in [-0.1, -0.05) is 13.8 Å². The molecule has 0 unspecified atom stereocenters. The molecule has 17 heavy (non-hydrogen) atoms. The molecule has 0 heterocycles. The van der Waals surface area contributed by atoms with Crippen molar-refractivity contribution in [3.8, 4) is 0 Å². The molecule has 0 saturated heterocycles. The van der Waals surface area contributed by atoms with E-state index < -0.39 is 5.60 Å². The molecule has 4 nitrogen and oxygen atoms in total. The third-order valence-electron chi connectivity index (χ3n) is 2.19. The van der Waals surface area contributed by atoms with Crippen LogP contribution in [0.3, 0.4) is 0 Å². The van der Waals surface area contributed by atoms with Crippen molar-refractivity contribution in [2.45, 2.75) is 65.5 Å². The van der Waals surface area contributed by atoms with Gasteiger partial charge < -0.3 is 15.2 Å². The summed E-state index contributed by atoms with van der Waals surface area (Å²) in [6.07, 6.45) is 2.02. The Balaban J connectivity index is 4.17. The van der Waals surface area contributed by atoms with E-state index in [1.165, 1.54) is 0 Å². The molecular formula is C13H27NO3. The second-order valence-corrected chi connectivity index (χ2v) is 5.84. The van der Waals surface area contributed by atoms with E-state index >= 15 is 0 Å². The standard InChI is InChI=1S/C13H27NO3/c1-10(2)9-11(7-6-8-15)14-12(16)17-13(3,4)5/h10-11,15H,6-9H2,1-5H3,(H,14,16)/t11-/m1/s1. The Kier molecular flexibility index (Phi) is 7.19. The molecule has 0 rings (SSSR count). The number of hydrogen-bond acceptors (Lipinski definition) is 3. The lowest BCUT2D eigenvalue weighted by Gasteiger charge is -2.24. The second kappa shape index (κ2) is 7.54. The Hall–Kier alpha value is -0.770. The van der Waals surface area contributed by atoms with Crippen molar-refractivity contribution < 1.29 is 14.6 Å². The van der Waals surface area contributed by atoms with E-state index in [1.807, 2.05) is 20.8 Å². The first kappa shape index (κ1) is 16.2. The Bertz CT molecular complexity index is 221. The van der Waals surface area contributed by atoms with Gasteiger partial charge in [0.15, 0.2) is 0 Å². The molecular weight excluding hydrogens is 218 g/mol. The van der Waals surface area contributed by atoms with Crippen LogP contribution in [-0.2, 0) is 4.74 Å². The van der Waals surface area contributed by atoms with Gasteiger partial charge in [-0.3, -0.25) is 0 Å². The quantitative estimate of drug-likeness (QED) is 0.756. The zero-order valence-corrected chi connectivity index (χ0v) is 11.7. The zero-order valence-electron chi connectivity index (χ0n) is 11.7. The van der Waals surface area contributed by atoms with E-state index in [9.17, 15) is 4.79 Å². The average molecular weight is 245 g/mol. The van der Waals surface area contributed by atoms with E-state index in [4.69, 9.17) is 9.84 Å². The summed E-state index contributed by atoms with van der Waals surface area (Å²) in [5.41, 5.74) is -0.469. The number of aliphatic hydroxyl groups excluding tert-OH is 1. The van der Waals surface area contributed by atoms with Crippen LogP contribution in [-0.4, -0.2) is 29.4 Å².